The van der Waals surface area contributed by atoms with Crippen LogP contribution in [0.3, 0.4) is 0 Å². The maximum Gasteiger partial charge on any atom is 0.320 e. The predicted molar refractivity (Wildman–Crippen MR) is 170 cm³/mol. The van der Waals surface area contributed by atoms with E-state index in [1.54, 1.807) is 11.3 Å². The summed E-state index contributed by atoms with van der Waals surface area (Å²) in [6.07, 6.45) is 5.64. The Morgan fingerprint density at radius 2 is 1.91 bits per heavy atom. The number of fused-ring (bicyclic) bond motifs is 5. The van der Waals surface area contributed by atoms with Gasteiger partial charge in [0.2, 0.25) is 10.9 Å². The third kappa shape index (κ3) is 5.61. The van der Waals surface area contributed by atoms with Gasteiger partial charge < -0.3 is 4.74 Å². The smallest absolute Gasteiger partial charge is 0.320 e. The molecule has 0 radical (unpaired) electrons. The summed E-state index contributed by atoms with van der Waals surface area (Å²) in [5.74, 6) is 0.700. The van der Waals surface area contributed by atoms with Crippen molar-refractivity contribution in [1.82, 2.24) is 4.48 Å². The van der Waals surface area contributed by atoms with Gasteiger partial charge in [0.1, 0.15) is 4.70 Å². The molecular formula is C30H31ClN2O7S3+2. The molecule has 2 N–H and O–H groups in total. The Labute approximate surface area is 259 Å². The Kier molecular flexibility index (Phi) is 7.91. The zero-order chi connectivity index (χ0) is 30.6. The molecule has 1 aromatic heterocycles. The Hall–Kier alpha value is -2.84. The number of rotatable bonds is 9. The van der Waals surface area contributed by atoms with Crippen LogP contribution in [0.2, 0.25) is 5.02 Å². The summed E-state index contributed by atoms with van der Waals surface area (Å²) in [4.78, 5) is 0. The SMILES string of the molecule is CCC(=Cc1sc2ccc(Cl)cc2[n+]1CCCCS(=O)(=O)O)C=C1Oc2ccc3ccccc3c2[N+]12CCC2S(=O)(=O)O. The van der Waals surface area contributed by atoms with Crippen LogP contribution in [0.4, 0.5) is 5.69 Å². The molecule has 226 valence electrons. The van der Waals surface area contributed by atoms with Gasteiger partial charge in [-0.3, -0.25) is 9.11 Å². The van der Waals surface area contributed by atoms with Crippen molar-refractivity contribution < 1.29 is 35.2 Å². The van der Waals surface area contributed by atoms with E-state index in [4.69, 9.17) is 20.9 Å². The van der Waals surface area contributed by atoms with Crippen molar-refractivity contribution in [3.8, 4) is 5.75 Å². The highest BCUT2D eigenvalue weighted by atomic mass is 35.5. The fraction of sp³-hybridized carbons (Fsp3) is 0.300. The molecule has 3 aromatic carbocycles. The van der Waals surface area contributed by atoms with E-state index in [0.717, 1.165) is 37.3 Å². The van der Waals surface area contributed by atoms with Crippen molar-refractivity contribution in [3.63, 3.8) is 0 Å². The zero-order valence-corrected chi connectivity index (χ0v) is 26.5. The third-order valence-corrected chi connectivity index (χ3v) is 11.6. The maximum atomic E-state index is 12.6. The van der Waals surface area contributed by atoms with E-state index in [-0.39, 0.29) is 10.2 Å². The molecule has 3 heterocycles. The Bertz CT molecular complexity index is 2040. The normalized spacial score (nSPS) is 21.4. The van der Waals surface area contributed by atoms with Crippen molar-refractivity contribution >= 4 is 75.9 Å². The standard InChI is InChI=1S/C30H29ClN2O7S3/c1-2-20(17-27-32(14-5-6-16-42(34,35)36)24-19-22(31)10-12-26(24)41-27)18-28-33(15-13-29(33)43(37,38)39)30-23-8-4-3-7-21(23)9-11-25(30)40-28/h3-4,7-12,17-19,29H,2,5-6,13-16H2,1H3/p+2. The predicted octanol–water partition coefficient (Wildman–Crippen LogP) is 6.32. The van der Waals surface area contributed by atoms with E-state index in [9.17, 15) is 21.4 Å². The lowest BCUT2D eigenvalue weighted by molar-refractivity contribution is -0.669. The molecule has 0 bridgehead atoms. The van der Waals surface area contributed by atoms with Gasteiger partial charge in [-0.25, -0.2) is 4.48 Å². The van der Waals surface area contributed by atoms with Gasteiger partial charge in [-0.05, 0) is 48.1 Å². The molecule has 2 aliphatic heterocycles. The molecule has 1 fully saturated rings. The van der Waals surface area contributed by atoms with Crippen LogP contribution in [0.5, 0.6) is 5.75 Å². The van der Waals surface area contributed by atoms with Crippen molar-refractivity contribution in [2.75, 3.05) is 12.3 Å². The first-order valence-electron chi connectivity index (χ1n) is 13.9. The average Bonchev–Trinajstić information content (AvgIpc) is 3.44. The third-order valence-electron chi connectivity index (χ3n) is 8.19. The minimum atomic E-state index is -4.40. The average molecular weight is 663 g/mol. The highest BCUT2D eigenvalue weighted by Gasteiger charge is 2.63. The van der Waals surface area contributed by atoms with Crippen molar-refractivity contribution in [2.45, 2.75) is 44.5 Å². The van der Waals surface area contributed by atoms with Crippen LogP contribution < -0.4 is 13.8 Å². The van der Waals surface area contributed by atoms with Crippen LogP contribution in [-0.4, -0.2) is 43.6 Å². The summed E-state index contributed by atoms with van der Waals surface area (Å²) in [5.41, 5.74) is 2.53. The van der Waals surface area contributed by atoms with E-state index in [1.807, 2.05) is 73.7 Å². The monoisotopic (exact) mass is 662 g/mol. The highest BCUT2D eigenvalue weighted by Crippen LogP contribution is 2.56. The van der Waals surface area contributed by atoms with Crippen molar-refractivity contribution in [1.29, 1.82) is 0 Å². The second kappa shape index (κ2) is 11.3. The van der Waals surface area contributed by atoms with Gasteiger partial charge in [0.25, 0.3) is 15.1 Å². The number of nitrogens with zero attached hydrogens (tertiary/aromatic N) is 2. The van der Waals surface area contributed by atoms with Gasteiger partial charge >= 0.3 is 16.0 Å². The highest BCUT2D eigenvalue weighted by molar-refractivity contribution is 7.86. The maximum absolute atomic E-state index is 12.6. The number of unbranched alkanes of at least 4 members (excludes halogenated alkanes) is 1. The van der Waals surface area contributed by atoms with E-state index < -0.39 is 25.6 Å². The van der Waals surface area contributed by atoms with Crippen molar-refractivity contribution in [2.24, 2.45) is 0 Å². The van der Waals surface area contributed by atoms with Gasteiger partial charge in [0, 0.05) is 35.0 Å². The van der Waals surface area contributed by atoms with E-state index in [1.165, 1.54) is 0 Å². The number of halogens is 1. The molecule has 1 saturated heterocycles. The Morgan fingerprint density at radius 1 is 1.12 bits per heavy atom. The molecular weight excluding hydrogens is 632 g/mol. The van der Waals surface area contributed by atoms with E-state index in [2.05, 4.69) is 4.57 Å². The molecule has 4 aromatic rings. The summed E-state index contributed by atoms with van der Waals surface area (Å²) in [5, 5.41) is 2.23. The number of thiazole rings is 1. The lowest BCUT2D eigenvalue weighted by Gasteiger charge is -2.45. The van der Waals surface area contributed by atoms with E-state index in [0.29, 0.717) is 55.4 Å². The lowest BCUT2D eigenvalue weighted by atomic mass is 10.0. The molecule has 43 heavy (non-hydrogen) atoms. The zero-order valence-electron chi connectivity index (χ0n) is 23.3. The molecule has 2 unspecified atom stereocenters. The Balaban J connectivity index is 1.45. The van der Waals surface area contributed by atoms with Gasteiger partial charge in [0.05, 0.1) is 18.7 Å². The van der Waals surface area contributed by atoms with Crippen molar-refractivity contribution in [3.05, 3.63) is 82.2 Å². The molecule has 13 heteroatoms. The minimum Gasteiger partial charge on any atom is -0.406 e. The number of ether oxygens (including phenoxy) is 1. The van der Waals surface area contributed by atoms with Crippen LogP contribution in [0.25, 0.3) is 27.1 Å². The van der Waals surface area contributed by atoms with Crippen LogP contribution in [0, 0.1) is 0 Å². The molecule has 2 atom stereocenters. The molecule has 0 amide bonds. The van der Waals surface area contributed by atoms with Gasteiger partial charge in [0.15, 0.2) is 18.0 Å². The van der Waals surface area contributed by atoms with Crippen LogP contribution in [0.15, 0.2) is 72.1 Å². The second-order valence-corrected chi connectivity index (χ2v) is 15.5. The largest absolute Gasteiger partial charge is 0.406 e. The topological polar surface area (TPSA) is 122 Å². The number of aromatic nitrogens is 1. The number of quaternary nitrogens is 1. The summed E-state index contributed by atoms with van der Waals surface area (Å²) in [6.45, 7) is 2.97. The molecule has 6 rings (SSSR count). The molecule has 9 nitrogen and oxygen atoms in total. The summed E-state index contributed by atoms with van der Waals surface area (Å²) in [7, 11) is -8.44. The molecule has 1 spiro atoms. The number of hydrogen-bond donors (Lipinski definition) is 2. The number of hydrogen-bond acceptors (Lipinski definition) is 6. The number of aryl methyl sites for hydroxylation is 1. The fourth-order valence-corrected chi connectivity index (χ4v) is 9.14. The summed E-state index contributed by atoms with van der Waals surface area (Å²) >= 11 is 7.88. The summed E-state index contributed by atoms with van der Waals surface area (Å²) < 4.78 is 76.6. The first kappa shape index (κ1) is 30.2. The van der Waals surface area contributed by atoms with Crippen LogP contribution in [0.1, 0.15) is 37.6 Å². The molecule has 0 saturated carbocycles. The molecule has 0 aliphatic carbocycles. The second-order valence-electron chi connectivity index (χ2n) is 10.8. The lowest BCUT2D eigenvalue weighted by Crippen LogP contribution is -2.67. The summed E-state index contributed by atoms with van der Waals surface area (Å²) in [6, 6.07) is 17.2. The Morgan fingerprint density at radius 3 is 2.60 bits per heavy atom. The minimum absolute atomic E-state index is 0.107. The first-order valence-corrected chi connectivity index (χ1v) is 18.3. The fourth-order valence-electron chi connectivity index (χ4n) is 6.08. The number of allylic oxidation sites excluding steroid dienone is 2. The van der Waals surface area contributed by atoms with Gasteiger partial charge in [-0.2, -0.15) is 21.4 Å². The molecule has 2 aliphatic rings. The van der Waals surface area contributed by atoms with E-state index >= 15 is 0 Å². The quantitative estimate of drug-likeness (QED) is 0.0932. The number of benzene rings is 3. The van der Waals surface area contributed by atoms with Gasteiger partial charge in [-0.1, -0.05) is 54.1 Å². The van der Waals surface area contributed by atoms with Crippen LogP contribution >= 0.6 is 22.9 Å². The van der Waals surface area contributed by atoms with Crippen LogP contribution in [-0.2, 0) is 26.8 Å². The van der Waals surface area contributed by atoms with Gasteiger partial charge in [-0.15, -0.1) is 0 Å². The first-order chi connectivity index (χ1) is 20.4.